The molecule has 2 fully saturated rings. The predicted molar refractivity (Wildman–Crippen MR) is 71.2 cm³/mol. The zero-order chi connectivity index (χ0) is 13.0. The molecule has 2 aliphatic rings. The Bertz CT molecular complexity index is 277. The molecule has 0 bridgehead atoms. The molecule has 0 radical (unpaired) electrons. The maximum atomic E-state index is 12.7. The molecule has 1 heterocycles. The average molecular weight is 254 g/mol. The zero-order valence-electron chi connectivity index (χ0n) is 11.4. The Morgan fingerprint density at radius 3 is 2.61 bits per heavy atom. The molecule has 2 unspecified atom stereocenters. The quantitative estimate of drug-likeness (QED) is 0.809. The summed E-state index contributed by atoms with van der Waals surface area (Å²) >= 11 is 0. The number of carbonyl (C=O) groups excluding carboxylic acids is 1. The van der Waals surface area contributed by atoms with Gasteiger partial charge in [0.25, 0.3) is 0 Å². The molecule has 0 spiro atoms. The highest BCUT2D eigenvalue weighted by Crippen LogP contribution is 2.29. The van der Waals surface area contributed by atoms with E-state index < -0.39 is 0 Å². The van der Waals surface area contributed by atoms with Crippen molar-refractivity contribution < 1.29 is 9.53 Å². The van der Waals surface area contributed by atoms with Gasteiger partial charge in [-0.15, -0.1) is 0 Å². The van der Waals surface area contributed by atoms with Crippen LogP contribution in [-0.4, -0.2) is 42.6 Å². The minimum atomic E-state index is 0.0726. The van der Waals surface area contributed by atoms with E-state index in [2.05, 4.69) is 4.90 Å². The molecule has 2 rings (SSSR count). The molecule has 1 aliphatic heterocycles. The molecule has 2 atom stereocenters. The Balaban J connectivity index is 1.99. The van der Waals surface area contributed by atoms with Gasteiger partial charge in [-0.05, 0) is 39.2 Å². The highest BCUT2D eigenvalue weighted by Gasteiger charge is 2.36. The van der Waals surface area contributed by atoms with E-state index in [4.69, 9.17) is 10.5 Å². The van der Waals surface area contributed by atoms with E-state index in [1.165, 1.54) is 12.8 Å². The van der Waals surface area contributed by atoms with Gasteiger partial charge in [0.1, 0.15) is 0 Å². The van der Waals surface area contributed by atoms with Crippen LogP contribution >= 0.6 is 0 Å². The van der Waals surface area contributed by atoms with Crippen molar-refractivity contribution in [2.24, 2.45) is 11.7 Å². The number of hydrogen-bond donors (Lipinski definition) is 1. The van der Waals surface area contributed by atoms with Gasteiger partial charge in [0.15, 0.2) is 0 Å². The van der Waals surface area contributed by atoms with Crippen molar-refractivity contribution in [3.05, 3.63) is 0 Å². The van der Waals surface area contributed by atoms with E-state index >= 15 is 0 Å². The van der Waals surface area contributed by atoms with Gasteiger partial charge in [-0.3, -0.25) is 4.79 Å². The van der Waals surface area contributed by atoms with Crippen LogP contribution in [0.1, 0.15) is 45.4 Å². The second kappa shape index (κ2) is 6.53. The van der Waals surface area contributed by atoms with Crippen molar-refractivity contribution in [2.45, 2.75) is 57.6 Å². The van der Waals surface area contributed by atoms with Gasteiger partial charge in [-0.1, -0.05) is 12.8 Å². The first-order valence-electron chi connectivity index (χ1n) is 7.36. The van der Waals surface area contributed by atoms with Crippen LogP contribution in [-0.2, 0) is 9.53 Å². The first kappa shape index (κ1) is 13.8. The fourth-order valence-electron chi connectivity index (χ4n) is 3.22. The van der Waals surface area contributed by atoms with Crippen LogP contribution in [0.2, 0.25) is 0 Å². The molecule has 1 saturated carbocycles. The lowest BCUT2D eigenvalue weighted by atomic mass is 9.99. The van der Waals surface area contributed by atoms with Crippen molar-refractivity contribution in [3.63, 3.8) is 0 Å². The van der Waals surface area contributed by atoms with Gasteiger partial charge in [0.05, 0.1) is 12.0 Å². The van der Waals surface area contributed by atoms with Crippen molar-refractivity contribution in [3.8, 4) is 0 Å². The fraction of sp³-hybridized carbons (Fsp3) is 0.929. The Kier molecular flexibility index (Phi) is 5.01. The predicted octanol–water partition coefficient (Wildman–Crippen LogP) is 1.53. The number of rotatable bonds is 5. The first-order chi connectivity index (χ1) is 8.74. The molecule has 2 N–H and O–H groups in total. The molecule has 4 nitrogen and oxygen atoms in total. The van der Waals surface area contributed by atoms with Crippen LogP contribution < -0.4 is 5.73 Å². The van der Waals surface area contributed by atoms with Crippen LogP contribution in [0.25, 0.3) is 0 Å². The van der Waals surface area contributed by atoms with Gasteiger partial charge in [-0.2, -0.15) is 0 Å². The summed E-state index contributed by atoms with van der Waals surface area (Å²) in [7, 11) is 0. The molecule has 104 valence electrons. The minimum absolute atomic E-state index is 0.0726. The molecule has 1 amide bonds. The number of amides is 1. The van der Waals surface area contributed by atoms with Crippen molar-refractivity contribution in [1.82, 2.24) is 4.90 Å². The molecular formula is C14H26N2O2. The molecule has 4 heteroatoms. The van der Waals surface area contributed by atoms with Crippen molar-refractivity contribution >= 4 is 5.91 Å². The fourth-order valence-corrected chi connectivity index (χ4v) is 3.22. The lowest BCUT2D eigenvalue weighted by molar-refractivity contribution is -0.139. The largest absolute Gasteiger partial charge is 0.378 e. The van der Waals surface area contributed by atoms with Crippen molar-refractivity contribution in [1.29, 1.82) is 0 Å². The van der Waals surface area contributed by atoms with E-state index in [-0.39, 0.29) is 12.0 Å². The third-order valence-corrected chi connectivity index (χ3v) is 4.35. The third-order valence-electron chi connectivity index (χ3n) is 4.35. The lowest BCUT2D eigenvalue weighted by Crippen LogP contribution is -2.45. The molecular weight excluding hydrogens is 228 g/mol. The molecule has 0 aromatic heterocycles. The lowest BCUT2D eigenvalue weighted by Gasteiger charge is -2.32. The summed E-state index contributed by atoms with van der Waals surface area (Å²) in [5.74, 6) is 0.378. The standard InChI is InChI=1S/C14H26N2O2/c1-11-13(7-10-18-11)14(17)16(9-4-8-15)12-5-2-3-6-12/h11-13H,2-10,15H2,1H3. The van der Waals surface area contributed by atoms with E-state index in [1.807, 2.05) is 6.92 Å². The Hall–Kier alpha value is -0.610. The summed E-state index contributed by atoms with van der Waals surface area (Å²) in [6.45, 7) is 4.23. The van der Waals surface area contributed by atoms with Gasteiger partial charge in [0.2, 0.25) is 5.91 Å². The summed E-state index contributed by atoms with van der Waals surface area (Å²) in [5.41, 5.74) is 5.59. The Morgan fingerprint density at radius 1 is 1.33 bits per heavy atom. The number of ether oxygens (including phenoxy) is 1. The van der Waals surface area contributed by atoms with Crippen LogP contribution in [0.15, 0.2) is 0 Å². The molecule has 1 aliphatic carbocycles. The second-order valence-corrected chi connectivity index (χ2v) is 5.58. The average Bonchev–Trinajstić information content (AvgIpc) is 3.00. The van der Waals surface area contributed by atoms with Crippen LogP contribution in [0.3, 0.4) is 0 Å². The van der Waals surface area contributed by atoms with Gasteiger partial charge in [-0.25, -0.2) is 0 Å². The summed E-state index contributed by atoms with van der Waals surface area (Å²) in [4.78, 5) is 14.8. The van der Waals surface area contributed by atoms with E-state index in [9.17, 15) is 4.79 Å². The Labute approximate surface area is 110 Å². The number of hydrogen-bond acceptors (Lipinski definition) is 3. The Morgan fingerprint density at radius 2 is 2.06 bits per heavy atom. The first-order valence-corrected chi connectivity index (χ1v) is 7.36. The smallest absolute Gasteiger partial charge is 0.228 e. The van der Waals surface area contributed by atoms with E-state index in [0.717, 1.165) is 38.8 Å². The van der Waals surface area contributed by atoms with Crippen molar-refractivity contribution in [2.75, 3.05) is 19.7 Å². The SMILES string of the molecule is CC1OCCC1C(=O)N(CCCN)C1CCCC1. The second-order valence-electron chi connectivity index (χ2n) is 5.58. The third kappa shape index (κ3) is 3.04. The molecule has 1 saturated heterocycles. The molecule has 0 aromatic carbocycles. The normalized spacial score (nSPS) is 28.8. The van der Waals surface area contributed by atoms with Crippen LogP contribution in [0.5, 0.6) is 0 Å². The number of carbonyl (C=O) groups is 1. The minimum Gasteiger partial charge on any atom is -0.378 e. The summed E-state index contributed by atoms with van der Waals surface area (Å²) in [5, 5.41) is 0. The van der Waals surface area contributed by atoms with Gasteiger partial charge in [0, 0.05) is 19.2 Å². The molecule has 0 aromatic rings. The molecule has 18 heavy (non-hydrogen) atoms. The highest BCUT2D eigenvalue weighted by atomic mass is 16.5. The summed E-state index contributed by atoms with van der Waals surface area (Å²) in [6, 6.07) is 0.455. The maximum Gasteiger partial charge on any atom is 0.228 e. The monoisotopic (exact) mass is 254 g/mol. The zero-order valence-corrected chi connectivity index (χ0v) is 11.4. The van der Waals surface area contributed by atoms with E-state index in [1.54, 1.807) is 0 Å². The highest BCUT2D eigenvalue weighted by molar-refractivity contribution is 5.80. The number of nitrogens with two attached hydrogens (primary N) is 1. The maximum absolute atomic E-state index is 12.7. The summed E-state index contributed by atoms with van der Waals surface area (Å²) in [6.07, 6.45) is 6.72. The van der Waals surface area contributed by atoms with Crippen LogP contribution in [0.4, 0.5) is 0 Å². The summed E-state index contributed by atoms with van der Waals surface area (Å²) < 4.78 is 5.53. The topological polar surface area (TPSA) is 55.6 Å². The van der Waals surface area contributed by atoms with E-state index in [0.29, 0.717) is 18.5 Å². The van der Waals surface area contributed by atoms with Gasteiger partial charge >= 0.3 is 0 Å². The van der Waals surface area contributed by atoms with Crippen LogP contribution in [0, 0.1) is 5.92 Å². The number of nitrogens with zero attached hydrogens (tertiary/aromatic N) is 1. The van der Waals surface area contributed by atoms with Gasteiger partial charge < -0.3 is 15.4 Å².